The van der Waals surface area contributed by atoms with E-state index >= 15 is 0 Å². The summed E-state index contributed by atoms with van der Waals surface area (Å²) < 4.78 is 11.5. The monoisotopic (exact) mass is 636 g/mol. The van der Waals surface area contributed by atoms with E-state index < -0.39 is 0 Å². The Bertz CT molecular complexity index is 1420. The molecule has 0 aliphatic carbocycles. The third kappa shape index (κ3) is 11.4. The maximum Gasteiger partial charge on any atom is 0.122 e. The van der Waals surface area contributed by atoms with Crippen LogP contribution in [0.2, 0.25) is 0 Å². The summed E-state index contributed by atoms with van der Waals surface area (Å²) in [7, 11) is 3.52. The summed E-state index contributed by atoms with van der Waals surface area (Å²) in [5.74, 6) is 2.07. The van der Waals surface area contributed by atoms with Crippen molar-refractivity contribution in [2.24, 2.45) is 0 Å². The van der Waals surface area contributed by atoms with Gasteiger partial charge < -0.3 is 19.3 Å². The number of anilines is 2. The van der Waals surface area contributed by atoms with Gasteiger partial charge in [-0.1, -0.05) is 86.1 Å². The van der Waals surface area contributed by atoms with E-state index in [1.165, 1.54) is 33.6 Å². The molecule has 0 spiro atoms. The maximum absolute atomic E-state index is 6.05. The van der Waals surface area contributed by atoms with Crippen LogP contribution in [-0.4, -0.2) is 39.4 Å². The van der Waals surface area contributed by atoms with Gasteiger partial charge in [-0.25, -0.2) is 0 Å². The lowest BCUT2D eigenvalue weighted by Crippen LogP contribution is -2.38. The van der Waals surface area contributed by atoms with Gasteiger partial charge in [-0.2, -0.15) is 0 Å². The van der Waals surface area contributed by atoms with Crippen molar-refractivity contribution in [1.29, 1.82) is 0 Å². The second-order valence-electron chi connectivity index (χ2n) is 13.0. The molecule has 254 valence electrons. The Morgan fingerprint density at radius 1 is 0.787 bits per heavy atom. The van der Waals surface area contributed by atoms with Crippen LogP contribution in [-0.2, 0) is 0 Å². The molecule has 3 aromatic rings. The molecule has 47 heavy (non-hydrogen) atoms. The van der Waals surface area contributed by atoms with E-state index in [1.807, 2.05) is 0 Å². The molecular formula is C43H60N2O2. The van der Waals surface area contributed by atoms with Crippen LogP contribution in [0, 0.1) is 0 Å². The molecule has 3 rings (SSSR count). The number of ether oxygens (including phenoxy) is 2. The largest absolute Gasteiger partial charge is 0.497 e. The van der Waals surface area contributed by atoms with E-state index in [2.05, 4.69) is 155 Å². The van der Waals surface area contributed by atoms with Gasteiger partial charge >= 0.3 is 0 Å². The SMILES string of the molecule is CCCC(C)N(C/C=C(\C)CCC=C(C)C)c1ccc(OC)c(C(CC)C(C)N(C/C=C/c2ccccc2)c2ccc(OC)cc2)c1. The third-order valence-electron chi connectivity index (χ3n) is 9.24. The minimum Gasteiger partial charge on any atom is -0.497 e. The van der Waals surface area contributed by atoms with Gasteiger partial charge in [-0.05, 0) is 108 Å². The van der Waals surface area contributed by atoms with E-state index in [0.717, 1.165) is 56.7 Å². The van der Waals surface area contributed by atoms with Crippen LogP contribution in [0.25, 0.3) is 6.08 Å². The first kappa shape index (κ1) is 37.5. The van der Waals surface area contributed by atoms with Crippen molar-refractivity contribution < 1.29 is 9.47 Å². The third-order valence-corrected chi connectivity index (χ3v) is 9.24. The van der Waals surface area contributed by atoms with Crippen LogP contribution in [0.15, 0.2) is 102 Å². The first-order valence-corrected chi connectivity index (χ1v) is 17.6. The summed E-state index contributed by atoms with van der Waals surface area (Å²) in [5.41, 5.74) is 7.75. The van der Waals surface area contributed by atoms with Gasteiger partial charge in [0.05, 0.1) is 14.2 Å². The van der Waals surface area contributed by atoms with Crippen molar-refractivity contribution >= 4 is 17.5 Å². The van der Waals surface area contributed by atoms with Gasteiger partial charge in [0.1, 0.15) is 11.5 Å². The molecule has 3 aromatic carbocycles. The molecule has 0 aliphatic rings. The summed E-state index contributed by atoms with van der Waals surface area (Å²) in [5, 5.41) is 0. The molecule has 3 unspecified atom stereocenters. The molecule has 0 N–H and O–H groups in total. The lowest BCUT2D eigenvalue weighted by Gasteiger charge is -2.37. The molecule has 0 bridgehead atoms. The van der Waals surface area contributed by atoms with Gasteiger partial charge in [-0.3, -0.25) is 0 Å². The standard InChI is InChI=1S/C43H60N2O2/c1-10-17-35(6)44(31-29-34(5)19-15-18-33(3)4)39-25-28-43(47-9)42(32-39)41(11-2)36(7)45(38-23-26-40(46-8)27-24-38)30-16-22-37-20-13-12-14-21-37/h12-14,16,18,20-29,32,35-36,41H,10-11,15,17,19,30-31H2,1-9H3/b22-16+,34-29+. The molecule has 0 aromatic heterocycles. The number of benzene rings is 3. The van der Waals surface area contributed by atoms with Crippen molar-refractivity contribution in [1.82, 2.24) is 0 Å². The maximum atomic E-state index is 6.05. The Hall–Kier alpha value is -3.92. The smallest absolute Gasteiger partial charge is 0.122 e. The summed E-state index contributed by atoms with van der Waals surface area (Å²) in [6, 6.07) is 26.5. The highest BCUT2D eigenvalue weighted by Gasteiger charge is 2.27. The van der Waals surface area contributed by atoms with Crippen LogP contribution in [0.3, 0.4) is 0 Å². The number of methoxy groups -OCH3 is 2. The Kier molecular flexibility index (Phi) is 15.7. The number of hydrogen-bond donors (Lipinski definition) is 0. The topological polar surface area (TPSA) is 24.9 Å². The van der Waals surface area contributed by atoms with E-state index in [0.29, 0.717) is 6.04 Å². The van der Waals surface area contributed by atoms with Crippen molar-refractivity contribution in [3.8, 4) is 11.5 Å². The predicted octanol–water partition coefficient (Wildman–Crippen LogP) is 11.5. The van der Waals surface area contributed by atoms with Crippen molar-refractivity contribution in [3.05, 3.63) is 113 Å². The molecule has 3 atom stereocenters. The zero-order valence-corrected chi connectivity index (χ0v) is 30.6. The van der Waals surface area contributed by atoms with Gasteiger partial charge in [0.25, 0.3) is 0 Å². The molecule has 0 saturated carbocycles. The zero-order chi connectivity index (χ0) is 34.2. The van der Waals surface area contributed by atoms with Crippen LogP contribution in [0.5, 0.6) is 11.5 Å². The Morgan fingerprint density at radius 3 is 2.11 bits per heavy atom. The summed E-state index contributed by atoms with van der Waals surface area (Å²) in [6.07, 6.45) is 14.8. The molecule has 0 radical (unpaired) electrons. The first-order valence-electron chi connectivity index (χ1n) is 17.6. The molecule has 0 fully saturated rings. The van der Waals surface area contributed by atoms with E-state index in [1.54, 1.807) is 14.2 Å². The van der Waals surface area contributed by atoms with Crippen LogP contribution in [0.4, 0.5) is 11.4 Å². The quantitative estimate of drug-likeness (QED) is 0.122. The van der Waals surface area contributed by atoms with Crippen LogP contribution < -0.4 is 19.3 Å². The second-order valence-corrected chi connectivity index (χ2v) is 13.0. The van der Waals surface area contributed by atoms with E-state index in [9.17, 15) is 0 Å². The normalized spacial score (nSPS) is 13.6. The highest BCUT2D eigenvalue weighted by molar-refractivity contribution is 5.58. The summed E-state index contributed by atoms with van der Waals surface area (Å²) in [6.45, 7) is 17.6. The Balaban J connectivity index is 1.99. The predicted molar refractivity (Wildman–Crippen MR) is 205 cm³/mol. The van der Waals surface area contributed by atoms with Gasteiger partial charge in [0, 0.05) is 48.0 Å². The Morgan fingerprint density at radius 2 is 1.49 bits per heavy atom. The molecule has 0 heterocycles. The fourth-order valence-corrected chi connectivity index (χ4v) is 6.43. The van der Waals surface area contributed by atoms with Gasteiger partial charge in [0.15, 0.2) is 0 Å². The van der Waals surface area contributed by atoms with E-state index in [4.69, 9.17) is 9.47 Å². The minimum absolute atomic E-state index is 0.205. The number of rotatable bonds is 19. The van der Waals surface area contributed by atoms with Crippen molar-refractivity contribution in [2.75, 3.05) is 37.1 Å². The molecule has 4 heteroatoms. The second kappa shape index (κ2) is 19.7. The van der Waals surface area contributed by atoms with Crippen LogP contribution >= 0.6 is 0 Å². The van der Waals surface area contributed by atoms with Gasteiger partial charge in [-0.15, -0.1) is 0 Å². The molecular weight excluding hydrogens is 576 g/mol. The fraction of sp³-hybridized carbons (Fsp3) is 0.442. The highest BCUT2D eigenvalue weighted by atomic mass is 16.5. The van der Waals surface area contributed by atoms with Crippen molar-refractivity contribution in [2.45, 2.75) is 98.6 Å². The van der Waals surface area contributed by atoms with Crippen LogP contribution in [0.1, 0.15) is 97.6 Å². The minimum atomic E-state index is 0.205. The summed E-state index contributed by atoms with van der Waals surface area (Å²) >= 11 is 0. The zero-order valence-electron chi connectivity index (χ0n) is 30.6. The fourth-order valence-electron chi connectivity index (χ4n) is 6.43. The highest BCUT2D eigenvalue weighted by Crippen LogP contribution is 2.38. The van der Waals surface area contributed by atoms with Gasteiger partial charge in [0.2, 0.25) is 0 Å². The molecule has 4 nitrogen and oxygen atoms in total. The number of nitrogens with zero attached hydrogens (tertiary/aromatic N) is 2. The lowest BCUT2D eigenvalue weighted by molar-refractivity contribution is 0.397. The molecule has 0 saturated heterocycles. The molecule has 0 amide bonds. The summed E-state index contributed by atoms with van der Waals surface area (Å²) in [4.78, 5) is 5.09. The van der Waals surface area contributed by atoms with E-state index in [-0.39, 0.29) is 12.0 Å². The van der Waals surface area contributed by atoms with Crippen molar-refractivity contribution in [3.63, 3.8) is 0 Å². The number of hydrogen-bond acceptors (Lipinski definition) is 4. The first-order chi connectivity index (χ1) is 22.7. The number of allylic oxidation sites excluding steroid dienone is 3. The average Bonchev–Trinajstić information content (AvgIpc) is 3.07. The molecule has 0 aliphatic heterocycles. The Labute approximate surface area is 286 Å². The lowest BCUT2D eigenvalue weighted by atomic mass is 9.87. The average molecular weight is 637 g/mol.